The molecule has 0 saturated carbocycles. The quantitative estimate of drug-likeness (QED) is 0.192. The van der Waals surface area contributed by atoms with Gasteiger partial charge in [0.25, 0.3) is 0 Å². The van der Waals surface area contributed by atoms with Gasteiger partial charge < -0.3 is 16.4 Å². The highest BCUT2D eigenvalue weighted by molar-refractivity contribution is 4.66. The molecule has 5 heteroatoms. The van der Waals surface area contributed by atoms with E-state index in [0.717, 1.165) is 38.3 Å². The van der Waals surface area contributed by atoms with Crippen LogP contribution in [0.15, 0.2) is 0 Å². The summed E-state index contributed by atoms with van der Waals surface area (Å²) in [7, 11) is 3.97. The molecule has 7 N–H and O–H groups in total. The van der Waals surface area contributed by atoms with Crippen LogP contribution >= 0.6 is 0 Å². The molecule has 0 aliphatic carbocycles. The Morgan fingerprint density at radius 2 is 1.69 bits per heavy atom. The Labute approximate surface area is 99.7 Å². The zero-order chi connectivity index (χ0) is 12.2. The average molecular weight is 231 g/mol. The first-order valence-electron chi connectivity index (χ1n) is 6.26. The summed E-state index contributed by atoms with van der Waals surface area (Å²) in [6.07, 6.45) is 6.22. The molecule has 0 saturated heterocycles. The van der Waals surface area contributed by atoms with Crippen molar-refractivity contribution in [3.05, 3.63) is 0 Å². The van der Waals surface area contributed by atoms with Crippen molar-refractivity contribution >= 4 is 0 Å². The Morgan fingerprint density at radius 3 is 2.19 bits per heavy atom. The Kier molecular flexibility index (Phi) is 11.1. The van der Waals surface area contributed by atoms with Gasteiger partial charge in [0.2, 0.25) is 0 Å². The lowest BCUT2D eigenvalue weighted by Crippen LogP contribution is -2.38. The Bertz CT molecular complexity index is 130. The summed E-state index contributed by atoms with van der Waals surface area (Å²) < 4.78 is 0. The molecule has 0 fully saturated rings. The third-order valence-corrected chi connectivity index (χ3v) is 3.07. The van der Waals surface area contributed by atoms with E-state index < -0.39 is 0 Å². The molecule has 1 atom stereocenters. The summed E-state index contributed by atoms with van der Waals surface area (Å²) in [5, 5.41) is 6.49. The molecule has 0 spiro atoms. The fourth-order valence-electron chi connectivity index (χ4n) is 1.96. The number of hydrogen-bond donors (Lipinski definition) is 5. The first-order valence-corrected chi connectivity index (χ1v) is 6.26. The molecule has 0 radical (unpaired) electrons. The van der Waals surface area contributed by atoms with Gasteiger partial charge in [0.1, 0.15) is 0 Å². The van der Waals surface area contributed by atoms with Gasteiger partial charge in [0.05, 0.1) is 6.17 Å². The van der Waals surface area contributed by atoms with Crippen LogP contribution in [0.2, 0.25) is 0 Å². The minimum absolute atomic E-state index is 0.409. The summed E-state index contributed by atoms with van der Waals surface area (Å²) in [5.74, 6) is 6.04. The van der Waals surface area contributed by atoms with Crippen LogP contribution in [0, 0.1) is 5.92 Å². The van der Waals surface area contributed by atoms with E-state index >= 15 is 0 Å². The summed E-state index contributed by atoms with van der Waals surface area (Å²) in [6, 6.07) is 0. The first-order chi connectivity index (χ1) is 7.78. The SMILES string of the molecule is CNC(CCC(CCCN)CCNN)NC. The summed E-state index contributed by atoms with van der Waals surface area (Å²) in [5.41, 5.74) is 8.28. The molecule has 0 rings (SSSR count). The second kappa shape index (κ2) is 11.3. The van der Waals surface area contributed by atoms with Gasteiger partial charge in [0, 0.05) is 6.54 Å². The van der Waals surface area contributed by atoms with E-state index in [9.17, 15) is 0 Å². The average Bonchev–Trinajstić information content (AvgIpc) is 2.32. The standard InChI is InChI=1S/C11H29N5/c1-14-11(15-2)6-5-10(4-3-8-12)7-9-16-13/h10-11,14-16H,3-9,12-13H2,1-2H3. The van der Waals surface area contributed by atoms with E-state index in [1.54, 1.807) is 0 Å². The lowest BCUT2D eigenvalue weighted by Gasteiger charge is -2.20. The molecule has 0 bridgehead atoms. The molecule has 0 aliphatic rings. The number of rotatable bonds is 11. The Morgan fingerprint density at radius 1 is 1.00 bits per heavy atom. The van der Waals surface area contributed by atoms with Crippen LogP contribution in [0.1, 0.15) is 32.1 Å². The predicted octanol–water partition coefficient (Wildman–Crippen LogP) is -0.260. The van der Waals surface area contributed by atoms with E-state index in [2.05, 4.69) is 16.1 Å². The molecule has 0 heterocycles. The van der Waals surface area contributed by atoms with Gasteiger partial charge in [-0.15, -0.1) is 0 Å². The van der Waals surface area contributed by atoms with Crippen LogP contribution in [0.4, 0.5) is 0 Å². The third-order valence-electron chi connectivity index (χ3n) is 3.07. The second-order valence-corrected chi connectivity index (χ2v) is 4.25. The topological polar surface area (TPSA) is 88.1 Å². The van der Waals surface area contributed by atoms with Gasteiger partial charge in [0.15, 0.2) is 0 Å². The molecular weight excluding hydrogens is 202 g/mol. The highest BCUT2D eigenvalue weighted by atomic mass is 15.2. The zero-order valence-corrected chi connectivity index (χ0v) is 10.8. The van der Waals surface area contributed by atoms with E-state index in [1.807, 2.05) is 14.1 Å². The largest absolute Gasteiger partial charge is 0.330 e. The van der Waals surface area contributed by atoms with E-state index in [1.165, 1.54) is 12.8 Å². The monoisotopic (exact) mass is 231 g/mol. The van der Waals surface area contributed by atoms with E-state index in [0.29, 0.717) is 6.17 Å². The molecular formula is C11H29N5. The smallest absolute Gasteiger partial charge is 0.0566 e. The lowest BCUT2D eigenvalue weighted by molar-refractivity contribution is 0.348. The molecule has 0 aromatic heterocycles. The van der Waals surface area contributed by atoms with Gasteiger partial charge in [-0.3, -0.25) is 11.3 Å². The first kappa shape index (κ1) is 15.8. The van der Waals surface area contributed by atoms with Crippen molar-refractivity contribution in [1.29, 1.82) is 0 Å². The molecule has 1 unspecified atom stereocenters. The van der Waals surface area contributed by atoms with Crippen molar-refractivity contribution in [3.63, 3.8) is 0 Å². The third kappa shape index (κ3) is 8.01. The predicted molar refractivity (Wildman–Crippen MR) is 69.7 cm³/mol. The second-order valence-electron chi connectivity index (χ2n) is 4.25. The molecule has 0 amide bonds. The summed E-state index contributed by atoms with van der Waals surface area (Å²) >= 11 is 0. The number of nitrogens with one attached hydrogen (secondary N) is 3. The lowest BCUT2D eigenvalue weighted by atomic mass is 9.93. The normalized spacial score (nSPS) is 13.3. The van der Waals surface area contributed by atoms with Crippen molar-refractivity contribution in [2.45, 2.75) is 38.3 Å². The maximum atomic E-state index is 5.55. The Balaban J connectivity index is 3.79. The highest BCUT2D eigenvalue weighted by Crippen LogP contribution is 2.17. The fraction of sp³-hybridized carbons (Fsp3) is 1.00. The number of hydrazine groups is 1. The van der Waals surface area contributed by atoms with Crippen molar-refractivity contribution in [2.24, 2.45) is 17.5 Å². The maximum Gasteiger partial charge on any atom is 0.0566 e. The fourth-order valence-corrected chi connectivity index (χ4v) is 1.96. The molecule has 5 nitrogen and oxygen atoms in total. The minimum atomic E-state index is 0.409. The van der Waals surface area contributed by atoms with E-state index in [-0.39, 0.29) is 0 Å². The van der Waals surface area contributed by atoms with Crippen LogP contribution in [0.3, 0.4) is 0 Å². The van der Waals surface area contributed by atoms with Gasteiger partial charge in [-0.25, -0.2) is 0 Å². The van der Waals surface area contributed by atoms with Crippen LogP contribution in [0.25, 0.3) is 0 Å². The van der Waals surface area contributed by atoms with Crippen LogP contribution in [0.5, 0.6) is 0 Å². The van der Waals surface area contributed by atoms with Gasteiger partial charge in [-0.1, -0.05) is 0 Å². The zero-order valence-electron chi connectivity index (χ0n) is 10.8. The van der Waals surface area contributed by atoms with Crippen molar-refractivity contribution in [3.8, 4) is 0 Å². The Hall–Kier alpha value is -0.200. The van der Waals surface area contributed by atoms with E-state index in [4.69, 9.17) is 11.6 Å². The summed E-state index contributed by atoms with van der Waals surface area (Å²) in [4.78, 5) is 0. The maximum absolute atomic E-state index is 5.55. The molecule has 0 aromatic rings. The van der Waals surface area contributed by atoms with Crippen molar-refractivity contribution in [2.75, 3.05) is 27.2 Å². The van der Waals surface area contributed by atoms with Gasteiger partial charge >= 0.3 is 0 Å². The van der Waals surface area contributed by atoms with Crippen molar-refractivity contribution in [1.82, 2.24) is 16.1 Å². The summed E-state index contributed by atoms with van der Waals surface area (Å²) in [6.45, 7) is 1.67. The molecule has 0 aliphatic heterocycles. The van der Waals surface area contributed by atoms with Gasteiger partial charge in [-0.2, -0.15) is 0 Å². The van der Waals surface area contributed by atoms with Crippen molar-refractivity contribution < 1.29 is 0 Å². The number of hydrogen-bond acceptors (Lipinski definition) is 5. The minimum Gasteiger partial charge on any atom is -0.330 e. The molecule has 98 valence electrons. The van der Waals surface area contributed by atoms with Crippen LogP contribution < -0.4 is 27.6 Å². The highest BCUT2D eigenvalue weighted by Gasteiger charge is 2.10. The van der Waals surface area contributed by atoms with Crippen LogP contribution in [-0.2, 0) is 0 Å². The molecule has 0 aromatic carbocycles. The van der Waals surface area contributed by atoms with Crippen LogP contribution in [-0.4, -0.2) is 33.4 Å². The molecule has 16 heavy (non-hydrogen) atoms. The number of nitrogens with two attached hydrogens (primary N) is 2. The van der Waals surface area contributed by atoms with Gasteiger partial charge in [-0.05, 0) is 58.7 Å².